The zero-order chi connectivity index (χ0) is 14.7. The molecule has 0 amide bonds. The topological polar surface area (TPSA) is 27.1 Å². The van der Waals surface area contributed by atoms with Crippen LogP contribution in [-0.4, -0.2) is 22.8 Å². The van der Waals surface area contributed by atoms with Crippen molar-refractivity contribution in [2.45, 2.75) is 32.7 Å². The molecule has 2 aromatic rings. The van der Waals surface area contributed by atoms with E-state index < -0.39 is 0 Å². The Morgan fingerprint density at radius 3 is 2.70 bits per heavy atom. The third-order valence-electron chi connectivity index (χ3n) is 3.01. The summed E-state index contributed by atoms with van der Waals surface area (Å²) >= 11 is 12.2. The lowest BCUT2D eigenvalue weighted by atomic mass is 10.2. The van der Waals surface area contributed by atoms with Gasteiger partial charge in [0.25, 0.3) is 0 Å². The second-order valence-corrected chi connectivity index (χ2v) is 6.43. The van der Waals surface area contributed by atoms with Gasteiger partial charge in [0.05, 0.1) is 23.0 Å². The predicted molar refractivity (Wildman–Crippen MR) is 84.7 cm³/mol. The van der Waals surface area contributed by atoms with Crippen LogP contribution in [0.15, 0.2) is 18.2 Å². The van der Waals surface area contributed by atoms with Gasteiger partial charge in [-0.05, 0) is 31.0 Å². The van der Waals surface area contributed by atoms with Gasteiger partial charge in [-0.1, -0.05) is 25.4 Å². The molecule has 1 unspecified atom stereocenters. The minimum absolute atomic E-state index is 0.147. The van der Waals surface area contributed by atoms with Crippen LogP contribution >= 0.6 is 23.2 Å². The van der Waals surface area contributed by atoms with E-state index in [2.05, 4.69) is 23.4 Å². The zero-order valence-corrected chi connectivity index (χ0v) is 13.6. The summed E-state index contributed by atoms with van der Waals surface area (Å²) in [4.78, 5) is 4.58. The highest BCUT2D eigenvalue weighted by Crippen LogP contribution is 2.26. The zero-order valence-electron chi connectivity index (χ0n) is 12.1. The van der Waals surface area contributed by atoms with Crippen molar-refractivity contribution in [1.29, 1.82) is 0 Å². The molecule has 2 rings (SSSR count). The van der Waals surface area contributed by atoms with E-state index in [0.29, 0.717) is 17.5 Å². The first-order chi connectivity index (χ1) is 9.49. The van der Waals surface area contributed by atoms with Crippen LogP contribution in [0.3, 0.4) is 0 Å². The highest BCUT2D eigenvalue weighted by atomic mass is 35.5. The molecule has 0 fully saturated rings. The van der Waals surface area contributed by atoms with Gasteiger partial charge >= 0.3 is 0 Å². The van der Waals surface area contributed by atoms with E-state index in [0.717, 1.165) is 30.0 Å². The monoisotopic (exact) mass is 314 g/mol. The molecule has 0 radical (unpaired) electrons. The van der Waals surface area contributed by atoms with E-state index in [1.807, 2.05) is 25.1 Å². The lowest BCUT2D eigenvalue weighted by Gasteiger charge is -2.12. The second-order valence-electron chi connectivity index (χ2n) is 5.34. The van der Waals surface area contributed by atoms with Crippen molar-refractivity contribution in [2.24, 2.45) is 5.92 Å². The fraction of sp³-hybridized carbons (Fsp3) is 0.533. The van der Waals surface area contributed by atoms with Crippen LogP contribution in [-0.2, 0) is 11.3 Å². The Balaban J connectivity index is 2.22. The van der Waals surface area contributed by atoms with Crippen LogP contribution in [0, 0.1) is 5.92 Å². The standard InChI is InChI=1S/C15H20Cl2N2O/c1-10(2)9-20-7-6-19-14-5-4-12(17)8-13(14)18-15(19)11(3)16/h4-5,8,10-11H,6-7,9H2,1-3H3. The van der Waals surface area contributed by atoms with Gasteiger partial charge in [0.15, 0.2) is 0 Å². The number of halogens is 2. The normalized spacial score (nSPS) is 13.3. The van der Waals surface area contributed by atoms with Crippen LogP contribution in [0.2, 0.25) is 5.02 Å². The van der Waals surface area contributed by atoms with Gasteiger partial charge in [-0.2, -0.15) is 0 Å². The van der Waals surface area contributed by atoms with Crippen molar-refractivity contribution in [3.05, 3.63) is 29.0 Å². The van der Waals surface area contributed by atoms with Gasteiger partial charge in [-0.25, -0.2) is 4.98 Å². The molecule has 1 heterocycles. The first-order valence-corrected chi connectivity index (χ1v) is 7.68. The van der Waals surface area contributed by atoms with Crippen molar-refractivity contribution in [2.75, 3.05) is 13.2 Å². The van der Waals surface area contributed by atoms with E-state index in [1.165, 1.54) is 0 Å². The Morgan fingerprint density at radius 1 is 1.30 bits per heavy atom. The van der Waals surface area contributed by atoms with Crippen LogP contribution in [0.4, 0.5) is 0 Å². The summed E-state index contributed by atoms with van der Waals surface area (Å²) in [6.07, 6.45) is 0. The highest BCUT2D eigenvalue weighted by Gasteiger charge is 2.15. The maximum atomic E-state index is 6.23. The molecule has 0 saturated carbocycles. The van der Waals surface area contributed by atoms with Crippen LogP contribution in [0.5, 0.6) is 0 Å². The highest BCUT2D eigenvalue weighted by molar-refractivity contribution is 6.31. The lowest BCUT2D eigenvalue weighted by Crippen LogP contribution is -2.12. The largest absolute Gasteiger partial charge is 0.379 e. The Labute approximate surface area is 129 Å². The summed E-state index contributed by atoms with van der Waals surface area (Å²) in [6, 6.07) is 5.72. The summed E-state index contributed by atoms with van der Waals surface area (Å²) in [5, 5.41) is 0.540. The number of hydrogen-bond donors (Lipinski definition) is 0. The number of nitrogens with zero attached hydrogens (tertiary/aromatic N) is 2. The summed E-state index contributed by atoms with van der Waals surface area (Å²) in [5.41, 5.74) is 1.92. The summed E-state index contributed by atoms with van der Waals surface area (Å²) in [7, 11) is 0. The fourth-order valence-electron chi connectivity index (χ4n) is 2.14. The van der Waals surface area contributed by atoms with E-state index >= 15 is 0 Å². The number of imidazole rings is 1. The van der Waals surface area contributed by atoms with Crippen molar-refractivity contribution in [3.63, 3.8) is 0 Å². The summed E-state index contributed by atoms with van der Waals surface area (Å²) in [5.74, 6) is 1.40. The average molecular weight is 315 g/mol. The molecule has 1 aromatic carbocycles. The van der Waals surface area contributed by atoms with Gasteiger partial charge in [0, 0.05) is 18.2 Å². The SMILES string of the molecule is CC(C)COCCn1c(C(C)Cl)nc2cc(Cl)ccc21. The second kappa shape index (κ2) is 6.79. The molecule has 0 bridgehead atoms. The number of aromatic nitrogens is 2. The quantitative estimate of drug-likeness (QED) is 0.572. The summed E-state index contributed by atoms with van der Waals surface area (Å²) in [6.45, 7) is 8.38. The molecule has 20 heavy (non-hydrogen) atoms. The molecule has 1 atom stereocenters. The van der Waals surface area contributed by atoms with E-state index in [-0.39, 0.29) is 5.38 Å². The number of hydrogen-bond acceptors (Lipinski definition) is 2. The van der Waals surface area contributed by atoms with Gasteiger partial charge in [-0.3, -0.25) is 0 Å². The first-order valence-electron chi connectivity index (χ1n) is 6.86. The van der Waals surface area contributed by atoms with E-state index in [9.17, 15) is 0 Å². The molecule has 0 saturated heterocycles. The number of ether oxygens (including phenoxy) is 1. The average Bonchev–Trinajstić information content (AvgIpc) is 2.72. The maximum Gasteiger partial charge on any atom is 0.127 e. The van der Waals surface area contributed by atoms with Crippen LogP contribution < -0.4 is 0 Å². The van der Waals surface area contributed by atoms with Gasteiger partial charge in [0.2, 0.25) is 0 Å². The van der Waals surface area contributed by atoms with E-state index in [4.69, 9.17) is 27.9 Å². The minimum atomic E-state index is -0.147. The Bertz CT molecular complexity index is 579. The molecule has 0 aliphatic heterocycles. The smallest absolute Gasteiger partial charge is 0.127 e. The van der Waals surface area contributed by atoms with Crippen molar-refractivity contribution >= 4 is 34.2 Å². The van der Waals surface area contributed by atoms with Gasteiger partial charge < -0.3 is 9.30 Å². The minimum Gasteiger partial charge on any atom is -0.379 e. The van der Waals surface area contributed by atoms with Gasteiger partial charge in [0.1, 0.15) is 5.82 Å². The predicted octanol–water partition coefficient (Wildman–Crippen LogP) is 4.66. The molecule has 1 aromatic heterocycles. The molecule has 5 heteroatoms. The lowest BCUT2D eigenvalue weighted by molar-refractivity contribution is 0.103. The molecule has 0 spiro atoms. The summed E-state index contributed by atoms with van der Waals surface area (Å²) < 4.78 is 7.77. The molecule has 0 aliphatic carbocycles. The van der Waals surface area contributed by atoms with Crippen molar-refractivity contribution < 1.29 is 4.74 Å². The molecule has 0 N–H and O–H groups in total. The number of fused-ring (bicyclic) bond motifs is 1. The fourth-order valence-corrected chi connectivity index (χ4v) is 2.47. The molecule has 0 aliphatic rings. The van der Waals surface area contributed by atoms with Gasteiger partial charge in [-0.15, -0.1) is 11.6 Å². The Morgan fingerprint density at radius 2 is 2.05 bits per heavy atom. The third kappa shape index (κ3) is 3.66. The van der Waals surface area contributed by atoms with Crippen LogP contribution in [0.25, 0.3) is 11.0 Å². The molecular weight excluding hydrogens is 295 g/mol. The van der Waals surface area contributed by atoms with Crippen molar-refractivity contribution in [1.82, 2.24) is 9.55 Å². The number of rotatable bonds is 6. The number of benzene rings is 1. The van der Waals surface area contributed by atoms with Crippen molar-refractivity contribution in [3.8, 4) is 0 Å². The molecule has 3 nitrogen and oxygen atoms in total. The molecule has 110 valence electrons. The van der Waals surface area contributed by atoms with E-state index in [1.54, 1.807) is 0 Å². The third-order valence-corrected chi connectivity index (χ3v) is 3.44. The molecular formula is C15H20Cl2N2O. The first kappa shape index (κ1) is 15.6. The number of alkyl halides is 1. The Hall–Kier alpha value is -0.770. The maximum absolute atomic E-state index is 6.23. The van der Waals surface area contributed by atoms with Crippen LogP contribution in [0.1, 0.15) is 32.0 Å². The Kier molecular flexibility index (Phi) is 5.30.